The van der Waals surface area contributed by atoms with Gasteiger partial charge in [-0.3, -0.25) is 0 Å². The van der Waals surface area contributed by atoms with Crippen LogP contribution >= 0.6 is 0 Å². The van der Waals surface area contributed by atoms with Crippen LogP contribution < -0.4 is 10.1 Å². The Bertz CT molecular complexity index is 894. The van der Waals surface area contributed by atoms with Gasteiger partial charge in [-0.15, -0.1) is 0 Å². The van der Waals surface area contributed by atoms with Crippen LogP contribution in [0.2, 0.25) is 0 Å². The summed E-state index contributed by atoms with van der Waals surface area (Å²) in [5, 5.41) is 11.6. The smallest absolute Gasteiger partial charge is 0.421 e. The Kier molecular flexibility index (Phi) is 4.53. The molecule has 1 unspecified atom stereocenters. The number of methoxy groups -OCH3 is 1. The van der Waals surface area contributed by atoms with Crippen molar-refractivity contribution in [1.29, 1.82) is 0 Å². The zero-order valence-corrected chi connectivity index (χ0v) is 15.0. The molecule has 0 aliphatic heterocycles. The lowest BCUT2D eigenvalue weighted by molar-refractivity contribution is -0.139. The molecule has 1 atom stereocenters. The van der Waals surface area contributed by atoms with Gasteiger partial charge in [0, 0.05) is 11.8 Å². The van der Waals surface area contributed by atoms with Crippen molar-refractivity contribution in [2.45, 2.75) is 32.5 Å². The normalized spacial score (nSPS) is 18.1. The van der Waals surface area contributed by atoms with Gasteiger partial charge in [-0.25, -0.2) is 9.78 Å². The molecule has 2 aromatic rings. The maximum absolute atomic E-state index is 13.2. The van der Waals surface area contributed by atoms with Crippen LogP contribution in [0.3, 0.4) is 0 Å². The average Bonchev–Trinajstić information content (AvgIpc) is 2.82. The number of nitrogens with one attached hydrogen (secondary N) is 1. The standard InChI is InChI=1S/C19H19F3N2O3/c1-18(2)8-11-6-10(4-5-13(11)15(18)24-17(25)26)12-7-14(19(20,21)22)16(27-3)23-9-12/h4-7,9,15,24H,8H2,1-3H3,(H,25,26). The monoisotopic (exact) mass is 380 g/mol. The average molecular weight is 380 g/mol. The molecule has 0 radical (unpaired) electrons. The fourth-order valence-corrected chi connectivity index (χ4v) is 3.61. The highest BCUT2D eigenvalue weighted by molar-refractivity contribution is 5.69. The second-order valence-corrected chi connectivity index (χ2v) is 7.24. The van der Waals surface area contributed by atoms with E-state index < -0.39 is 23.7 Å². The molecule has 2 N–H and O–H groups in total. The quantitative estimate of drug-likeness (QED) is 0.812. The lowest BCUT2D eigenvalue weighted by Gasteiger charge is -2.27. The highest BCUT2D eigenvalue weighted by atomic mass is 19.4. The molecule has 1 heterocycles. The molecule has 0 saturated heterocycles. The van der Waals surface area contributed by atoms with Crippen molar-refractivity contribution in [3.63, 3.8) is 0 Å². The second kappa shape index (κ2) is 6.44. The molecule has 8 heteroatoms. The summed E-state index contributed by atoms with van der Waals surface area (Å²) in [5.41, 5.74) is 1.37. The number of ether oxygens (including phenoxy) is 1. The molecule has 27 heavy (non-hydrogen) atoms. The van der Waals surface area contributed by atoms with Gasteiger partial charge >= 0.3 is 12.3 Å². The van der Waals surface area contributed by atoms with Gasteiger partial charge in [0.2, 0.25) is 5.88 Å². The minimum atomic E-state index is -4.58. The molecule has 1 aromatic carbocycles. The zero-order valence-electron chi connectivity index (χ0n) is 15.0. The number of carboxylic acid groups (broad SMARTS) is 1. The predicted molar refractivity (Wildman–Crippen MR) is 92.6 cm³/mol. The third kappa shape index (κ3) is 3.56. The first-order chi connectivity index (χ1) is 12.5. The first-order valence-electron chi connectivity index (χ1n) is 8.27. The summed E-state index contributed by atoms with van der Waals surface area (Å²) in [6, 6.07) is 5.88. The third-order valence-corrected chi connectivity index (χ3v) is 4.83. The molecule has 1 amide bonds. The van der Waals surface area contributed by atoms with Gasteiger partial charge in [-0.1, -0.05) is 32.0 Å². The number of alkyl halides is 3. The molecule has 0 spiro atoms. The molecule has 144 valence electrons. The molecule has 0 fully saturated rings. The molecule has 1 aliphatic rings. The lowest BCUT2D eigenvalue weighted by Crippen LogP contribution is -2.34. The van der Waals surface area contributed by atoms with Crippen LogP contribution in [0.15, 0.2) is 30.5 Å². The minimum Gasteiger partial charge on any atom is -0.481 e. The highest BCUT2D eigenvalue weighted by Crippen LogP contribution is 2.46. The number of carbonyl (C=O) groups is 1. The van der Waals surface area contributed by atoms with Crippen LogP contribution in [0.4, 0.5) is 18.0 Å². The van der Waals surface area contributed by atoms with Crippen LogP contribution in [0.25, 0.3) is 11.1 Å². The molecular formula is C19H19F3N2O3. The summed E-state index contributed by atoms with van der Waals surface area (Å²) in [4.78, 5) is 14.9. The van der Waals surface area contributed by atoms with Gasteiger partial charge in [0.1, 0.15) is 5.56 Å². The first kappa shape index (κ1) is 19.0. The number of nitrogens with zero attached hydrogens (tertiary/aromatic N) is 1. The molecule has 1 aliphatic carbocycles. The third-order valence-electron chi connectivity index (χ3n) is 4.83. The molecule has 0 saturated carbocycles. The number of benzene rings is 1. The summed E-state index contributed by atoms with van der Waals surface area (Å²) in [6.07, 6.45) is -3.75. The Hall–Kier alpha value is -2.77. The Morgan fingerprint density at radius 2 is 2.00 bits per heavy atom. The Balaban J connectivity index is 2.03. The number of pyridine rings is 1. The van der Waals surface area contributed by atoms with E-state index in [4.69, 9.17) is 9.84 Å². The Morgan fingerprint density at radius 1 is 1.30 bits per heavy atom. The maximum Gasteiger partial charge on any atom is 0.421 e. The second-order valence-electron chi connectivity index (χ2n) is 7.24. The van der Waals surface area contributed by atoms with E-state index >= 15 is 0 Å². The van der Waals surface area contributed by atoms with E-state index in [2.05, 4.69) is 10.3 Å². The van der Waals surface area contributed by atoms with Gasteiger partial charge in [0.05, 0.1) is 13.2 Å². The van der Waals surface area contributed by atoms with E-state index in [0.717, 1.165) is 24.3 Å². The summed E-state index contributed by atoms with van der Waals surface area (Å²) >= 11 is 0. The number of fused-ring (bicyclic) bond motifs is 1. The summed E-state index contributed by atoms with van der Waals surface area (Å²) in [7, 11) is 1.14. The van der Waals surface area contributed by atoms with Crippen LogP contribution in [-0.2, 0) is 12.6 Å². The van der Waals surface area contributed by atoms with E-state index in [1.165, 1.54) is 6.20 Å². The van der Waals surface area contributed by atoms with Crippen LogP contribution in [0.5, 0.6) is 5.88 Å². The van der Waals surface area contributed by atoms with Crippen molar-refractivity contribution in [3.05, 3.63) is 47.2 Å². The minimum absolute atomic E-state index is 0.318. The lowest BCUT2D eigenvalue weighted by atomic mass is 9.85. The largest absolute Gasteiger partial charge is 0.481 e. The van der Waals surface area contributed by atoms with Gasteiger partial charge in [-0.2, -0.15) is 13.2 Å². The molecule has 5 nitrogen and oxygen atoms in total. The first-order valence-corrected chi connectivity index (χ1v) is 8.27. The topological polar surface area (TPSA) is 71.5 Å². The number of hydrogen-bond acceptors (Lipinski definition) is 3. The van der Waals surface area contributed by atoms with E-state index in [0.29, 0.717) is 17.5 Å². The van der Waals surface area contributed by atoms with E-state index in [9.17, 15) is 18.0 Å². The molecular weight excluding hydrogens is 361 g/mol. The van der Waals surface area contributed by atoms with Crippen molar-refractivity contribution < 1.29 is 27.8 Å². The maximum atomic E-state index is 13.2. The van der Waals surface area contributed by atoms with Crippen LogP contribution in [0, 0.1) is 5.41 Å². The number of amides is 1. The Labute approximate surface area is 154 Å². The van der Waals surface area contributed by atoms with Crippen LogP contribution in [-0.4, -0.2) is 23.3 Å². The molecule has 3 rings (SSSR count). The van der Waals surface area contributed by atoms with Gasteiger partial charge in [-0.05, 0) is 34.6 Å². The van der Waals surface area contributed by atoms with Crippen molar-refractivity contribution >= 4 is 6.09 Å². The van der Waals surface area contributed by atoms with E-state index in [-0.39, 0.29) is 11.5 Å². The van der Waals surface area contributed by atoms with E-state index in [1.54, 1.807) is 18.2 Å². The van der Waals surface area contributed by atoms with E-state index in [1.807, 2.05) is 13.8 Å². The summed E-state index contributed by atoms with van der Waals surface area (Å²) in [5.74, 6) is -0.473. The van der Waals surface area contributed by atoms with Gasteiger partial charge < -0.3 is 15.2 Å². The fraction of sp³-hybridized carbons (Fsp3) is 0.368. The van der Waals surface area contributed by atoms with Crippen LogP contribution in [0.1, 0.15) is 36.6 Å². The number of rotatable bonds is 3. The zero-order chi connectivity index (χ0) is 20.0. The summed E-state index contributed by atoms with van der Waals surface area (Å²) < 4.78 is 44.4. The van der Waals surface area contributed by atoms with Crippen molar-refractivity contribution in [3.8, 4) is 17.0 Å². The van der Waals surface area contributed by atoms with Gasteiger partial charge in [0.25, 0.3) is 0 Å². The summed E-state index contributed by atoms with van der Waals surface area (Å²) in [6.45, 7) is 3.90. The number of halogens is 3. The van der Waals surface area contributed by atoms with Crippen molar-refractivity contribution in [2.75, 3.05) is 7.11 Å². The highest BCUT2D eigenvalue weighted by Gasteiger charge is 2.40. The number of hydrogen-bond donors (Lipinski definition) is 2. The van der Waals surface area contributed by atoms with Crippen molar-refractivity contribution in [1.82, 2.24) is 10.3 Å². The fourth-order valence-electron chi connectivity index (χ4n) is 3.61. The molecule has 1 aromatic heterocycles. The van der Waals surface area contributed by atoms with Gasteiger partial charge in [0.15, 0.2) is 0 Å². The molecule has 0 bridgehead atoms. The number of aromatic nitrogens is 1. The van der Waals surface area contributed by atoms with Crippen molar-refractivity contribution in [2.24, 2.45) is 5.41 Å². The SMILES string of the molecule is COc1ncc(-c2ccc3c(c2)CC(C)(C)C3NC(=O)O)cc1C(F)(F)F. The Morgan fingerprint density at radius 3 is 2.59 bits per heavy atom. The predicted octanol–water partition coefficient (Wildman–Crippen LogP) is 4.67.